The van der Waals surface area contributed by atoms with Gasteiger partial charge in [0.2, 0.25) is 5.91 Å². The highest BCUT2D eigenvalue weighted by atomic mass is 19.1. The van der Waals surface area contributed by atoms with E-state index in [0.717, 1.165) is 50.2 Å². The van der Waals surface area contributed by atoms with Gasteiger partial charge in [-0.2, -0.15) is 0 Å². The van der Waals surface area contributed by atoms with Crippen LogP contribution in [-0.2, 0) is 11.3 Å². The van der Waals surface area contributed by atoms with Crippen molar-refractivity contribution in [2.75, 3.05) is 35.2 Å². The number of amides is 2. The number of aromatic nitrogens is 1. The fourth-order valence-electron chi connectivity index (χ4n) is 5.07. The molecule has 0 atom stereocenters. The second kappa shape index (κ2) is 9.29. The van der Waals surface area contributed by atoms with Crippen LogP contribution < -0.4 is 21.3 Å². The van der Waals surface area contributed by atoms with Crippen LogP contribution in [0.2, 0.25) is 0 Å². The number of carbonyl (C=O) groups excluding carboxylic acids is 2. The molecule has 3 heterocycles. The smallest absolute Gasteiger partial charge is 0.253 e. The van der Waals surface area contributed by atoms with Crippen molar-refractivity contribution in [3.05, 3.63) is 66.5 Å². The van der Waals surface area contributed by atoms with Crippen LogP contribution in [0, 0.1) is 5.82 Å². The van der Waals surface area contributed by atoms with Crippen LogP contribution in [0.5, 0.6) is 0 Å². The molecule has 180 valence electrons. The van der Waals surface area contributed by atoms with Crippen LogP contribution in [0.4, 0.5) is 21.6 Å². The van der Waals surface area contributed by atoms with Crippen molar-refractivity contribution in [3.63, 3.8) is 0 Å². The number of halogens is 1. The predicted molar refractivity (Wildman–Crippen MR) is 137 cm³/mol. The molecule has 0 unspecified atom stereocenters. The molecule has 5 rings (SSSR count). The summed E-state index contributed by atoms with van der Waals surface area (Å²) < 4.78 is 17.4. The maximum Gasteiger partial charge on any atom is 0.253 e. The van der Waals surface area contributed by atoms with Crippen LogP contribution in [0.15, 0.2) is 55.1 Å². The van der Waals surface area contributed by atoms with Gasteiger partial charge in [-0.15, -0.1) is 0 Å². The largest absolute Gasteiger partial charge is 0.371 e. The van der Waals surface area contributed by atoms with Gasteiger partial charge in [-0.25, -0.2) is 4.39 Å². The van der Waals surface area contributed by atoms with Gasteiger partial charge in [0.15, 0.2) is 0 Å². The number of hydrogen-bond donors (Lipinski definition) is 3. The summed E-state index contributed by atoms with van der Waals surface area (Å²) in [5, 5.41) is 6.06. The van der Waals surface area contributed by atoms with E-state index >= 15 is 4.39 Å². The summed E-state index contributed by atoms with van der Waals surface area (Å²) in [6, 6.07) is 12.5. The summed E-state index contributed by atoms with van der Waals surface area (Å²) >= 11 is 0. The zero-order valence-corrected chi connectivity index (χ0v) is 19.4. The van der Waals surface area contributed by atoms with Gasteiger partial charge in [0.05, 0.1) is 16.9 Å². The molecule has 7 nitrogen and oxygen atoms in total. The first-order valence-corrected chi connectivity index (χ1v) is 11.9. The molecule has 2 aliphatic heterocycles. The third-order valence-corrected chi connectivity index (χ3v) is 6.66. The van der Waals surface area contributed by atoms with E-state index in [1.54, 1.807) is 18.2 Å². The van der Waals surface area contributed by atoms with E-state index in [4.69, 9.17) is 5.73 Å². The lowest BCUT2D eigenvalue weighted by molar-refractivity contribution is -0.111. The topological polar surface area (TPSA) is 92.4 Å². The first kappa shape index (κ1) is 22.7. The number of fused-ring (bicyclic) bond motifs is 1. The Labute approximate surface area is 203 Å². The number of nitrogens with one attached hydrogen (secondary N) is 2. The average Bonchev–Trinajstić information content (AvgIpc) is 3.51. The van der Waals surface area contributed by atoms with Crippen LogP contribution in [0.1, 0.15) is 29.6 Å². The molecule has 1 aromatic heterocycles. The lowest BCUT2D eigenvalue weighted by Gasteiger charge is -2.21. The molecular formula is C27H28FN5O2. The molecule has 0 bridgehead atoms. The Morgan fingerprint density at radius 1 is 1.03 bits per heavy atom. The van der Waals surface area contributed by atoms with Crippen molar-refractivity contribution in [2.24, 2.45) is 5.73 Å². The fraction of sp³-hybridized carbons (Fsp3) is 0.259. The zero-order valence-electron chi connectivity index (χ0n) is 19.4. The second-order valence-electron chi connectivity index (χ2n) is 8.87. The summed E-state index contributed by atoms with van der Waals surface area (Å²) in [7, 11) is 0. The van der Waals surface area contributed by atoms with E-state index in [9.17, 15) is 9.59 Å². The van der Waals surface area contributed by atoms with E-state index in [1.165, 1.54) is 12.1 Å². The molecule has 35 heavy (non-hydrogen) atoms. The van der Waals surface area contributed by atoms with Crippen molar-refractivity contribution in [2.45, 2.75) is 25.8 Å². The molecule has 4 N–H and O–H groups in total. The lowest BCUT2D eigenvalue weighted by atomic mass is 9.96. The minimum Gasteiger partial charge on any atom is -0.371 e. The number of primary amides is 1. The minimum absolute atomic E-state index is 0.299. The van der Waals surface area contributed by atoms with Crippen LogP contribution in [0.25, 0.3) is 22.4 Å². The SMILES string of the molecule is C=CC(=O)Nc1ccc(-c2c(-c3ccc(N4CCCC4)c(F)c3)c(C(N)=O)c3n2CCCN3)cc1. The number of nitrogens with two attached hydrogens (primary N) is 1. The van der Waals surface area contributed by atoms with Crippen LogP contribution in [0.3, 0.4) is 0 Å². The first-order valence-electron chi connectivity index (χ1n) is 11.9. The number of nitrogens with zero attached hydrogens (tertiary/aromatic N) is 2. The van der Waals surface area contributed by atoms with E-state index in [-0.39, 0.29) is 11.7 Å². The minimum atomic E-state index is -0.566. The van der Waals surface area contributed by atoms with Gasteiger partial charge in [-0.1, -0.05) is 24.8 Å². The molecule has 0 saturated carbocycles. The summed E-state index contributed by atoms with van der Waals surface area (Å²) in [4.78, 5) is 26.4. The predicted octanol–water partition coefficient (Wildman–Crippen LogP) is 4.60. The summed E-state index contributed by atoms with van der Waals surface area (Å²) in [5.74, 6) is -0.525. The van der Waals surface area contributed by atoms with Gasteiger partial charge in [0, 0.05) is 37.4 Å². The van der Waals surface area contributed by atoms with Gasteiger partial charge in [-0.3, -0.25) is 9.59 Å². The van der Waals surface area contributed by atoms with Crippen molar-refractivity contribution < 1.29 is 14.0 Å². The average molecular weight is 474 g/mol. The Morgan fingerprint density at radius 2 is 1.74 bits per heavy atom. The highest BCUT2D eigenvalue weighted by molar-refractivity contribution is 6.09. The molecule has 3 aromatic rings. The van der Waals surface area contributed by atoms with Crippen LogP contribution >= 0.6 is 0 Å². The molecular weight excluding hydrogens is 445 g/mol. The molecule has 1 fully saturated rings. The first-order chi connectivity index (χ1) is 17.0. The van der Waals surface area contributed by atoms with Crippen molar-refractivity contribution >= 4 is 29.0 Å². The summed E-state index contributed by atoms with van der Waals surface area (Å²) in [5.41, 5.74) is 10.3. The van der Waals surface area contributed by atoms with Gasteiger partial charge in [0.1, 0.15) is 11.6 Å². The van der Waals surface area contributed by atoms with Crippen LogP contribution in [-0.4, -0.2) is 36.0 Å². The number of rotatable bonds is 6. The van der Waals surface area contributed by atoms with Crippen molar-refractivity contribution in [1.29, 1.82) is 0 Å². The number of hydrogen-bond acceptors (Lipinski definition) is 4. The number of carbonyl (C=O) groups is 2. The fourth-order valence-corrected chi connectivity index (χ4v) is 5.07. The third kappa shape index (κ3) is 4.16. The summed E-state index contributed by atoms with van der Waals surface area (Å²) in [6.07, 6.45) is 4.19. The maximum absolute atomic E-state index is 15.3. The molecule has 8 heteroatoms. The normalized spacial score (nSPS) is 14.8. The van der Waals surface area contributed by atoms with Crippen molar-refractivity contribution in [3.8, 4) is 22.4 Å². The van der Waals surface area contributed by atoms with Gasteiger partial charge >= 0.3 is 0 Å². The monoisotopic (exact) mass is 473 g/mol. The standard InChI is InChI=1S/C27H28FN5O2/c1-2-22(34)31-19-9-6-17(7-10-19)25-23(24(26(29)35)27-30-12-5-15-33(25)27)18-8-11-21(20(28)16-18)32-13-3-4-14-32/h2,6-11,16,30H,1,3-5,12-15H2,(H2,29,35)(H,31,34). The number of anilines is 3. The highest BCUT2D eigenvalue weighted by Crippen LogP contribution is 2.44. The third-order valence-electron chi connectivity index (χ3n) is 6.66. The Balaban J connectivity index is 1.66. The Morgan fingerprint density at radius 3 is 2.40 bits per heavy atom. The van der Waals surface area contributed by atoms with Crippen molar-refractivity contribution in [1.82, 2.24) is 4.57 Å². The molecule has 0 aliphatic carbocycles. The van der Waals surface area contributed by atoms with E-state index in [1.807, 2.05) is 22.8 Å². The van der Waals surface area contributed by atoms with E-state index in [0.29, 0.717) is 40.4 Å². The molecule has 2 aliphatic rings. The van der Waals surface area contributed by atoms with Gasteiger partial charge in [-0.05, 0) is 60.7 Å². The molecule has 0 spiro atoms. The Hall–Kier alpha value is -4.07. The van der Waals surface area contributed by atoms with E-state index < -0.39 is 5.91 Å². The number of benzene rings is 2. The zero-order chi connectivity index (χ0) is 24.5. The molecule has 1 saturated heterocycles. The molecule has 2 aromatic carbocycles. The quantitative estimate of drug-likeness (QED) is 0.456. The van der Waals surface area contributed by atoms with Gasteiger partial charge in [0.25, 0.3) is 5.91 Å². The molecule has 0 radical (unpaired) electrons. The Kier molecular flexibility index (Phi) is 6.03. The summed E-state index contributed by atoms with van der Waals surface area (Å²) in [6.45, 7) is 6.57. The van der Waals surface area contributed by atoms with E-state index in [2.05, 4.69) is 22.1 Å². The van der Waals surface area contributed by atoms with Gasteiger partial charge < -0.3 is 25.8 Å². The second-order valence-corrected chi connectivity index (χ2v) is 8.87. The molecule has 2 amide bonds. The highest BCUT2D eigenvalue weighted by Gasteiger charge is 2.30. The Bertz CT molecular complexity index is 1310. The maximum atomic E-state index is 15.3. The lowest BCUT2D eigenvalue weighted by Crippen LogP contribution is -2.21.